The Labute approximate surface area is 179 Å². The number of primary amides is 1. The van der Waals surface area contributed by atoms with E-state index in [1.54, 1.807) is 29.3 Å². The van der Waals surface area contributed by atoms with Crippen molar-refractivity contribution < 1.29 is 14.0 Å². The van der Waals surface area contributed by atoms with Crippen LogP contribution in [-0.4, -0.2) is 52.5 Å². The first-order chi connectivity index (χ1) is 14.9. The number of pyridine rings is 1. The fraction of sp³-hybridized carbons (Fsp3) is 0.364. The summed E-state index contributed by atoms with van der Waals surface area (Å²) in [5.41, 5.74) is 5.58. The van der Waals surface area contributed by atoms with Crippen LogP contribution in [0.5, 0.6) is 0 Å². The lowest BCUT2D eigenvalue weighted by molar-refractivity contribution is -0.123. The van der Waals surface area contributed by atoms with Gasteiger partial charge in [-0.25, -0.2) is 4.39 Å². The SMILES string of the molecule is NC(=O)C1[CH]C[C@@H](CNC2CC2)N1CC(=O)Nc1ccc(-n2ccccc2=O)cc1F. The number of rotatable bonds is 8. The molecular weight excluding hydrogens is 401 g/mol. The largest absolute Gasteiger partial charge is 0.368 e. The number of likely N-dealkylation sites (tertiary alicyclic amines) is 1. The Morgan fingerprint density at radius 1 is 1.19 bits per heavy atom. The molecule has 0 bridgehead atoms. The predicted octanol–water partition coefficient (Wildman–Crippen LogP) is 0.800. The molecule has 2 atom stereocenters. The Balaban J connectivity index is 1.43. The summed E-state index contributed by atoms with van der Waals surface area (Å²) in [7, 11) is 0. The molecule has 31 heavy (non-hydrogen) atoms. The Hall–Kier alpha value is -3.04. The summed E-state index contributed by atoms with van der Waals surface area (Å²) in [4.78, 5) is 38.1. The second kappa shape index (κ2) is 8.99. The van der Waals surface area contributed by atoms with Crippen molar-refractivity contribution in [3.8, 4) is 5.69 Å². The lowest BCUT2D eigenvalue weighted by Gasteiger charge is -2.28. The van der Waals surface area contributed by atoms with E-state index in [9.17, 15) is 18.8 Å². The van der Waals surface area contributed by atoms with Crippen molar-refractivity contribution in [2.24, 2.45) is 5.73 Å². The van der Waals surface area contributed by atoms with Gasteiger partial charge in [0.05, 0.1) is 24.0 Å². The molecule has 2 heterocycles. The van der Waals surface area contributed by atoms with Gasteiger partial charge < -0.3 is 16.4 Å². The lowest BCUT2D eigenvalue weighted by Crippen LogP contribution is -2.50. The Bertz CT molecular complexity index is 1040. The number of amides is 2. The van der Waals surface area contributed by atoms with Crippen LogP contribution in [0.4, 0.5) is 10.1 Å². The molecule has 163 valence electrons. The number of hydrogen-bond donors (Lipinski definition) is 3. The number of carbonyl (C=O) groups excluding carboxylic acids is 2. The van der Waals surface area contributed by atoms with Crippen LogP contribution in [-0.2, 0) is 9.59 Å². The van der Waals surface area contributed by atoms with Crippen molar-refractivity contribution in [3.63, 3.8) is 0 Å². The number of carbonyl (C=O) groups is 2. The molecule has 1 saturated carbocycles. The molecule has 4 N–H and O–H groups in total. The molecule has 4 rings (SSSR count). The van der Waals surface area contributed by atoms with Gasteiger partial charge in [0.25, 0.3) is 5.56 Å². The van der Waals surface area contributed by atoms with Gasteiger partial charge in [-0.15, -0.1) is 0 Å². The van der Waals surface area contributed by atoms with E-state index >= 15 is 0 Å². The summed E-state index contributed by atoms with van der Waals surface area (Å²) >= 11 is 0. The molecule has 0 spiro atoms. The molecule has 2 aliphatic rings. The van der Waals surface area contributed by atoms with E-state index in [1.807, 2.05) is 6.42 Å². The van der Waals surface area contributed by atoms with Gasteiger partial charge in [0.15, 0.2) is 0 Å². The average molecular weight is 426 g/mol. The number of nitrogens with zero attached hydrogens (tertiary/aromatic N) is 2. The topological polar surface area (TPSA) is 109 Å². The molecule has 1 aliphatic carbocycles. The van der Waals surface area contributed by atoms with Gasteiger partial charge in [-0.3, -0.25) is 23.9 Å². The number of hydrogen-bond acceptors (Lipinski definition) is 5. The smallest absolute Gasteiger partial charge is 0.255 e. The van der Waals surface area contributed by atoms with Crippen molar-refractivity contribution in [2.75, 3.05) is 18.4 Å². The summed E-state index contributed by atoms with van der Waals surface area (Å²) in [6.45, 7) is 0.577. The maximum absolute atomic E-state index is 14.6. The molecular formula is C22H25FN5O3. The highest BCUT2D eigenvalue weighted by Gasteiger charge is 2.38. The summed E-state index contributed by atoms with van der Waals surface area (Å²) in [5, 5.41) is 5.97. The highest BCUT2D eigenvalue weighted by Crippen LogP contribution is 2.25. The zero-order valence-corrected chi connectivity index (χ0v) is 17.0. The fourth-order valence-corrected chi connectivity index (χ4v) is 3.83. The minimum Gasteiger partial charge on any atom is -0.368 e. The van der Waals surface area contributed by atoms with Crippen LogP contribution in [0.25, 0.3) is 5.69 Å². The van der Waals surface area contributed by atoms with Crippen molar-refractivity contribution in [1.29, 1.82) is 0 Å². The van der Waals surface area contributed by atoms with Crippen molar-refractivity contribution in [3.05, 3.63) is 65.2 Å². The van der Waals surface area contributed by atoms with Gasteiger partial charge in [0.2, 0.25) is 11.8 Å². The molecule has 1 aromatic heterocycles. The molecule has 2 aromatic rings. The lowest BCUT2D eigenvalue weighted by atomic mass is 10.2. The van der Waals surface area contributed by atoms with E-state index in [0.717, 1.165) is 12.8 Å². The fourth-order valence-electron chi connectivity index (χ4n) is 3.83. The van der Waals surface area contributed by atoms with Crippen LogP contribution < -0.4 is 21.9 Å². The number of anilines is 1. The number of nitrogens with one attached hydrogen (secondary N) is 2. The minimum absolute atomic E-state index is 0.00388. The molecule has 8 nitrogen and oxygen atoms in total. The molecule has 1 radical (unpaired) electrons. The molecule has 1 aromatic carbocycles. The van der Waals surface area contributed by atoms with Crippen LogP contribution >= 0.6 is 0 Å². The molecule has 1 aliphatic heterocycles. The van der Waals surface area contributed by atoms with Crippen molar-refractivity contribution in [2.45, 2.75) is 37.4 Å². The van der Waals surface area contributed by atoms with E-state index in [0.29, 0.717) is 24.7 Å². The Morgan fingerprint density at radius 2 is 2.00 bits per heavy atom. The average Bonchev–Trinajstić information content (AvgIpc) is 3.48. The quantitative estimate of drug-likeness (QED) is 0.579. The third-order valence-corrected chi connectivity index (χ3v) is 5.62. The Morgan fingerprint density at radius 3 is 2.68 bits per heavy atom. The minimum atomic E-state index is -0.659. The van der Waals surface area contributed by atoms with Crippen molar-refractivity contribution >= 4 is 17.5 Å². The van der Waals surface area contributed by atoms with Gasteiger partial charge in [0.1, 0.15) is 5.82 Å². The molecule has 9 heteroatoms. The standard InChI is InChI=1S/C22H25FN5O3/c23-17-11-15(27-10-2-1-3-21(27)30)6-8-18(17)26-20(29)13-28-16(12-25-14-4-5-14)7-9-19(28)22(24)31/h1-3,6,8-11,14,16,19,25H,4-5,7,12-13H2,(H2,24,31)(H,26,29)/t16-,19?/m0/s1. The van der Waals surface area contributed by atoms with E-state index in [2.05, 4.69) is 10.6 Å². The first-order valence-corrected chi connectivity index (χ1v) is 10.3. The zero-order valence-electron chi connectivity index (χ0n) is 17.0. The number of aromatic nitrogens is 1. The highest BCUT2D eigenvalue weighted by molar-refractivity contribution is 5.93. The van der Waals surface area contributed by atoms with Crippen molar-refractivity contribution in [1.82, 2.24) is 14.8 Å². The monoisotopic (exact) mass is 426 g/mol. The van der Waals surface area contributed by atoms with E-state index in [4.69, 9.17) is 5.73 Å². The normalized spacial score (nSPS) is 21.2. The van der Waals surface area contributed by atoms with Crippen LogP contribution in [0.15, 0.2) is 47.4 Å². The van der Waals surface area contributed by atoms with Gasteiger partial charge in [-0.05, 0) is 43.9 Å². The van der Waals surface area contributed by atoms with E-state index in [-0.39, 0.29) is 23.8 Å². The second-order valence-electron chi connectivity index (χ2n) is 7.95. The first-order valence-electron chi connectivity index (χ1n) is 10.3. The maximum Gasteiger partial charge on any atom is 0.255 e. The van der Waals surface area contributed by atoms with E-state index in [1.165, 1.54) is 22.8 Å². The van der Waals surface area contributed by atoms with Gasteiger partial charge in [0, 0.05) is 37.0 Å². The zero-order chi connectivity index (χ0) is 22.0. The van der Waals surface area contributed by atoms with Crippen LogP contribution in [0.1, 0.15) is 19.3 Å². The Kier molecular flexibility index (Phi) is 6.15. The van der Waals surface area contributed by atoms with Crippen LogP contribution in [0.3, 0.4) is 0 Å². The predicted molar refractivity (Wildman–Crippen MR) is 114 cm³/mol. The third-order valence-electron chi connectivity index (χ3n) is 5.62. The third kappa shape index (κ3) is 5.00. The highest BCUT2D eigenvalue weighted by atomic mass is 19.1. The molecule has 2 amide bonds. The molecule has 2 fully saturated rings. The van der Waals surface area contributed by atoms with Gasteiger partial charge >= 0.3 is 0 Å². The summed E-state index contributed by atoms with van der Waals surface area (Å²) in [6.07, 6.45) is 6.29. The number of benzene rings is 1. The van der Waals surface area contributed by atoms with Crippen LogP contribution in [0.2, 0.25) is 0 Å². The van der Waals surface area contributed by atoms with Crippen LogP contribution in [0, 0.1) is 12.2 Å². The second-order valence-corrected chi connectivity index (χ2v) is 7.95. The van der Waals surface area contributed by atoms with Gasteiger partial charge in [-0.2, -0.15) is 0 Å². The summed E-state index contributed by atoms with van der Waals surface area (Å²) in [6, 6.07) is 8.66. The maximum atomic E-state index is 14.6. The molecule has 1 unspecified atom stereocenters. The summed E-state index contributed by atoms with van der Waals surface area (Å²) in [5.74, 6) is -1.61. The molecule has 1 saturated heterocycles. The number of nitrogens with two attached hydrogens (primary N) is 1. The first kappa shape index (κ1) is 21.2. The van der Waals surface area contributed by atoms with Gasteiger partial charge in [-0.1, -0.05) is 6.07 Å². The van der Waals surface area contributed by atoms with E-state index < -0.39 is 23.7 Å². The summed E-state index contributed by atoms with van der Waals surface area (Å²) < 4.78 is 15.9. The number of halogens is 1.